The zero-order valence-corrected chi connectivity index (χ0v) is 10.9. The van der Waals surface area contributed by atoms with Gasteiger partial charge < -0.3 is 5.32 Å². The van der Waals surface area contributed by atoms with E-state index in [0.29, 0.717) is 0 Å². The predicted octanol–water partition coefficient (Wildman–Crippen LogP) is 3.98. The van der Waals surface area contributed by atoms with Crippen molar-refractivity contribution in [3.63, 3.8) is 0 Å². The van der Waals surface area contributed by atoms with Crippen molar-refractivity contribution in [2.24, 2.45) is 11.8 Å². The molecule has 1 unspecified atom stereocenters. The Bertz CT molecular complexity index is 147. The summed E-state index contributed by atoms with van der Waals surface area (Å²) in [6.07, 6.45) is 11.5. The van der Waals surface area contributed by atoms with Crippen LogP contribution in [0.3, 0.4) is 0 Å². The van der Waals surface area contributed by atoms with Gasteiger partial charge in [0, 0.05) is 6.04 Å². The summed E-state index contributed by atoms with van der Waals surface area (Å²) in [5.74, 6) is 1.90. The van der Waals surface area contributed by atoms with Crippen LogP contribution in [0.15, 0.2) is 0 Å². The largest absolute Gasteiger partial charge is 0.317 e. The van der Waals surface area contributed by atoms with E-state index in [9.17, 15) is 0 Å². The number of rotatable bonds is 7. The molecule has 0 aromatic heterocycles. The summed E-state index contributed by atoms with van der Waals surface area (Å²) in [6, 6.07) is 0.784. The van der Waals surface area contributed by atoms with Crippen LogP contribution in [0.5, 0.6) is 0 Å². The molecular formula is C14H29N. The van der Waals surface area contributed by atoms with E-state index in [1.807, 2.05) is 0 Å². The fourth-order valence-electron chi connectivity index (χ4n) is 2.80. The molecule has 0 bridgehead atoms. The van der Waals surface area contributed by atoms with E-state index in [0.717, 1.165) is 17.9 Å². The molecule has 1 atom stereocenters. The highest BCUT2D eigenvalue weighted by molar-refractivity contribution is 4.74. The highest BCUT2D eigenvalue weighted by Gasteiger charge is 2.18. The third-order valence-corrected chi connectivity index (χ3v) is 3.83. The van der Waals surface area contributed by atoms with Crippen LogP contribution in [0.4, 0.5) is 0 Å². The second kappa shape index (κ2) is 7.27. The summed E-state index contributed by atoms with van der Waals surface area (Å²) in [6.45, 7) is 4.65. The summed E-state index contributed by atoms with van der Waals surface area (Å²) in [5.41, 5.74) is 0. The summed E-state index contributed by atoms with van der Waals surface area (Å²) >= 11 is 0. The molecule has 0 saturated heterocycles. The minimum absolute atomic E-state index is 0.784. The normalized spacial score (nSPS) is 20.0. The Morgan fingerprint density at radius 1 is 1.13 bits per heavy atom. The Kier molecular flexibility index (Phi) is 6.31. The average molecular weight is 211 g/mol. The second-order valence-corrected chi connectivity index (χ2v) is 5.70. The Labute approximate surface area is 96.0 Å². The maximum Gasteiger partial charge on any atom is 0.00667 e. The number of hydrogen-bond donors (Lipinski definition) is 1. The summed E-state index contributed by atoms with van der Waals surface area (Å²) < 4.78 is 0. The van der Waals surface area contributed by atoms with Crippen molar-refractivity contribution in [2.75, 3.05) is 7.05 Å². The Morgan fingerprint density at radius 2 is 1.80 bits per heavy atom. The van der Waals surface area contributed by atoms with E-state index < -0.39 is 0 Å². The van der Waals surface area contributed by atoms with Gasteiger partial charge in [-0.1, -0.05) is 52.4 Å². The quantitative estimate of drug-likeness (QED) is 0.671. The number of nitrogens with one attached hydrogen (secondary N) is 1. The van der Waals surface area contributed by atoms with Gasteiger partial charge in [-0.3, -0.25) is 0 Å². The van der Waals surface area contributed by atoms with Gasteiger partial charge in [-0.05, 0) is 31.7 Å². The Hall–Kier alpha value is -0.0400. The van der Waals surface area contributed by atoms with Crippen LogP contribution in [0.2, 0.25) is 0 Å². The first kappa shape index (κ1) is 13.0. The fourth-order valence-corrected chi connectivity index (χ4v) is 2.80. The molecule has 0 amide bonds. The van der Waals surface area contributed by atoms with Crippen LogP contribution in [-0.4, -0.2) is 13.1 Å². The van der Waals surface area contributed by atoms with Crippen LogP contribution in [0, 0.1) is 11.8 Å². The lowest BCUT2D eigenvalue weighted by atomic mass is 9.94. The summed E-state index contributed by atoms with van der Waals surface area (Å²) in [7, 11) is 2.13. The van der Waals surface area contributed by atoms with Crippen LogP contribution in [-0.2, 0) is 0 Å². The van der Waals surface area contributed by atoms with E-state index in [1.165, 1.54) is 51.4 Å². The molecule has 1 nitrogen and oxygen atoms in total. The topological polar surface area (TPSA) is 12.0 Å². The van der Waals surface area contributed by atoms with Crippen LogP contribution >= 0.6 is 0 Å². The Balaban J connectivity index is 2.11. The minimum atomic E-state index is 0.784. The van der Waals surface area contributed by atoms with Crippen molar-refractivity contribution >= 4 is 0 Å². The standard InChI is InChI=1S/C14H29N/c1-12(2)7-6-10-14(15-3)11-13-8-4-5-9-13/h12-15H,4-11H2,1-3H3. The molecule has 0 aromatic carbocycles. The molecule has 0 radical (unpaired) electrons. The first-order valence-corrected chi connectivity index (χ1v) is 6.89. The van der Waals surface area contributed by atoms with E-state index in [-0.39, 0.29) is 0 Å². The highest BCUT2D eigenvalue weighted by atomic mass is 14.9. The molecule has 15 heavy (non-hydrogen) atoms. The Morgan fingerprint density at radius 3 is 2.33 bits per heavy atom. The first-order valence-electron chi connectivity index (χ1n) is 6.89. The molecule has 0 heterocycles. The molecule has 0 aromatic rings. The highest BCUT2D eigenvalue weighted by Crippen LogP contribution is 2.29. The van der Waals surface area contributed by atoms with Crippen molar-refractivity contribution in [3.05, 3.63) is 0 Å². The third kappa shape index (κ3) is 5.55. The van der Waals surface area contributed by atoms with Gasteiger partial charge in [0.25, 0.3) is 0 Å². The van der Waals surface area contributed by atoms with Gasteiger partial charge in [-0.15, -0.1) is 0 Å². The van der Waals surface area contributed by atoms with Gasteiger partial charge in [0.2, 0.25) is 0 Å². The second-order valence-electron chi connectivity index (χ2n) is 5.70. The molecule has 0 aliphatic heterocycles. The molecular weight excluding hydrogens is 182 g/mol. The van der Waals surface area contributed by atoms with Crippen molar-refractivity contribution in [3.8, 4) is 0 Å². The molecule has 0 spiro atoms. The molecule has 1 aliphatic rings. The smallest absolute Gasteiger partial charge is 0.00667 e. The van der Waals surface area contributed by atoms with Gasteiger partial charge in [-0.25, -0.2) is 0 Å². The maximum absolute atomic E-state index is 3.50. The summed E-state index contributed by atoms with van der Waals surface area (Å²) in [5, 5.41) is 3.50. The zero-order chi connectivity index (χ0) is 11.1. The first-order chi connectivity index (χ1) is 7.22. The fraction of sp³-hybridized carbons (Fsp3) is 1.00. The maximum atomic E-state index is 3.50. The minimum Gasteiger partial charge on any atom is -0.317 e. The van der Waals surface area contributed by atoms with E-state index >= 15 is 0 Å². The molecule has 1 fully saturated rings. The SMILES string of the molecule is CNC(CCCC(C)C)CC1CCCC1. The monoisotopic (exact) mass is 211 g/mol. The van der Waals surface area contributed by atoms with Crippen molar-refractivity contribution in [1.82, 2.24) is 5.32 Å². The van der Waals surface area contributed by atoms with Crippen molar-refractivity contribution in [2.45, 2.75) is 71.3 Å². The van der Waals surface area contributed by atoms with Crippen LogP contribution in [0.1, 0.15) is 65.2 Å². The lowest BCUT2D eigenvalue weighted by molar-refractivity contribution is 0.371. The molecule has 1 aliphatic carbocycles. The van der Waals surface area contributed by atoms with Gasteiger partial charge >= 0.3 is 0 Å². The van der Waals surface area contributed by atoms with Crippen LogP contribution < -0.4 is 5.32 Å². The predicted molar refractivity (Wildman–Crippen MR) is 68.1 cm³/mol. The molecule has 90 valence electrons. The number of hydrogen-bond acceptors (Lipinski definition) is 1. The van der Waals surface area contributed by atoms with Crippen molar-refractivity contribution in [1.29, 1.82) is 0 Å². The zero-order valence-electron chi connectivity index (χ0n) is 10.9. The van der Waals surface area contributed by atoms with Gasteiger partial charge in [0.05, 0.1) is 0 Å². The lowest BCUT2D eigenvalue weighted by Gasteiger charge is -2.20. The third-order valence-electron chi connectivity index (χ3n) is 3.83. The molecule has 1 rings (SSSR count). The summed E-state index contributed by atoms with van der Waals surface area (Å²) in [4.78, 5) is 0. The van der Waals surface area contributed by atoms with E-state index in [4.69, 9.17) is 0 Å². The van der Waals surface area contributed by atoms with Crippen LogP contribution in [0.25, 0.3) is 0 Å². The molecule has 1 heteroatoms. The average Bonchev–Trinajstić information content (AvgIpc) is 2.68. The lowest BCUT2D eigenvalue weighted by Crippen LogP contribution is -2.27. The van der Waals surface area contributed by atoms with E-state index in [1.54, 1.807) is 0 Å². The molecule has 1 saturated carbocycles. The van der Waals surface area contributed by atoms with Crippen molar-refractivity contribution < 1.29 is 0 Å². The van der Waals surface area contributed by atoms with Gasteiger partial charge in [0.1, 0.15) is 0 Å². The van der Waals surface area contributed by atoms with Gasteiger partial charge in [0.15, 0.2) is 0 Å². The van der Waals surface area contributed by atoms with Gasteiger partial charge in [-0.2, -0.15) is 0 Å². The van der Waals surface area contributed by atoms with E-state index in [2.05, 4.69) is 26.2 Å². The molecule has 1 N–H and O–H groups in total.